The van der Waals surface area contributed by atoms with Gasteiger partial charge in [-0.2, -0.15) is 4.98 Å². The number of piperazine rings is 1. The average Bonchev–Trinajstić information content (AvgIpc) is 2.62. The molecular weight excluding hydrogens is 304 g/mol. The van der Waals surface area contributed by atoms with Gasteiger partial charge in [0.2, 0.25) is 5.95 Å². The Hall–Kier alpha value is -2.70. The summed E-state index contributed by atoms with van der Waals surface area (Å²) in [5, 5.41) is 3.23. The number of anilines is 2. The quantitative estimate of drug-likeness (QED) is 0.919. The summed E-state index contributed by atoms with van der Waals surface area (Å²) in [6.07, 6.45) is 3.29. The average molecular weight is 326 g/mol. The van der Waals surface area contributed by atoms with E-state index in [4.69, 9.17) is 0 Å². The number of hydrogen-bond acceptors (Lipinski definition) is 6. The van der Waals surface area contributed by atoms with Crippen LogP contribution in [0.3, 0.4) is 0 Å². The van der Waals surface area contributed by atoms with Crippen molar-refractivity contribution in [1.29, 1.82) is 0 Å². The van der Waals surface area contributed by atoms with E-state index in [2.05, 4.69) is 25.2 Å². The number of rotatable bonds is 4. The molecule has 0 spiro atoms. The van der Waals surface area contributed by atoms with Crippen LogP contribution >= 0.6 is 0 Å². The number of aryl methyl sites for hydroxylation is 1. The molecule has 1 N–H and O–H groups in total. The SMILES string of the molecule is CCNc1cc(C)nc(N2CCN(C(=O)c3ccncc3)CC2)n1. The first kappa shape index (κ1) is 16.2. The number of aromatic nitrogens is 3. The van der Waals surface area contributed by atoms with E-state index in [1.165, 1.54) is 0 Å². The van der Waals surface area contributed by atoms with Crippen molar-refractivity contribution < 1.29 is 4.79 Å². The van der Waals surface area contributed by atoms with Crippen molar-refractivity contribution in [2.24, 2.45) is 0 Å². The molecule has 1 aliphatic heterocycles. The Balaban J connectivity index is 1.66. The normalized spacial score (nSPS) is 14.6. The van der Waals surface area contributed by atoms with Crippen molar-refractivity contribution >= 4 is 17.7 Å². The lowest BCUT2D eigenvalue weighted by molar-refractivity contribution is 0.0746. The molecule has 2 aromatic heterocycles. The molecule has 0 atom stereocenters. The highest BCUT2D eigenvalue weighted by molar-refractivity contribution is 5.94. The third kappa shape index (κ3) is 3.61. The van der Waals surface area contributed by atoms with E-state index in [0.29, 0.717) is 18.7 Å². The van der Waals surface area contributed by atoms with Crippen molar-refractivity contribution in [3.8, 4) is 0 Å². The molecule has 3 heterocycles. The monoisotopic (exact) mass is 326 g/mol. The molecule has 0 saturated carbocycles. The predicted octanol–water partition coefficient (Wildman–Crippen LogP) is 1.57. The number of carbonyl (C=O) groups excluding carboxylic acids is 1. The molecule has 0 unspecified atom stereocenters. The maximum absolute atomic E-state index is 12.5. The minimum atomic E-state index is 0.0514. The van der Waals surface area contributed by atoms with Crippen LogP contribution in [0.25, 0.3) is 0 Å². The van der Waals surface area contributed by atoms with Crippen molar-refractivity contribution in [3.63, 3.8) is 0 Å². The van der Waals surface area contributed by atoms with E-state index in [9.17, 15) is 4.79 Å². The molecule has 3 rings (SSSR count). The Morgan fingerprint density at radius 2 is 1.88 bits per heavy atom. The first-order valence-electron chi connectivity index (χ1n) is 8.21. The zero-order valence-corrected chi connectivity index (χ0v) is 14.1. The van der Waals surface area contributed by atoms with Crippen LogP contribution < -0.4 is 10.2 Å². The topological polar surface area (TPSA) is 74.2 Å². The van der Waals surface area contributed by atoms with E-state index in [1.54, 1.807) is 24.5 Å². The van der Waals surface area contributed by atoms with Crippen molar-refractivity contribution in [2.75, 3.05) is 42.9 Å². The van der Waals surface area contributed by atoms with Gasteiger partial charge in [-0.3, -0.25) is 9.78 Å². The van der Waals surface area contributed by atoms with Gasteiger partial charge in [0.05, 0.1) is 0 Å². The van der Waals surface area contributed by atoms with E-state index in [1.807, 2.05) is 24.8 Å². The lowest BCUT2D eigenvalue weighted by Gasteiger charge is -2.35. The fraction of sp³-hybridized carbons (Fsp3) is 0.412. The summed E-state index contributed by atoms with van der Waals surface area (Å²) in [5.74, 6) is 1.62. The van der Waals surface area contributed by atoms with E-state index < -0.39 is 0 Å². The summed E-state index contributed by atoms with van der Waals surface area (Å²) in [7, 11) is 0. The maximum atomic E-state index is 12.5. The Labute approximate surface area is 141 Å². The molecule has 1 amide bonds. The second-order valence-electron chi connectivity index (χ2n) is 5.74. The third-order valence-electron chi connectivity index (χ3n) is 3.98. The zero-order chi connectivity index (χ0) is 16.9. The molecule has 0 bridgehead atoms. The number of carbonyl (C=O) groups is 1. The highest BCUT2D eigenvalue weighted by Gasteiger charge is 2.23. The van der Waals surface area contributed by atoms with Crippen molar-refractivity contribution in [1.82, 2.24) is 19.9 Å². The van der Waals surface area contributed by atoms with Gasteiger partial charge in [-0.1, -0.05) is 0 Å². The molecule has 24 heavy (non-hydrogen) atoms. The molecule has 1 saturated heterocycles. The fourth-order valence-corrected chi connectivity index (χ4v) is 2.75. The van der Waals surface area contributed by atoms with Crippen molar-refractivity contribution in [2.45, 2.75) is 13.8 Å². The number of pyridine rings is 1. The van der Waals surface area contributed by atoms with Gasteiger partial charge in [-0.15, -0.1) is 0 Å². The van der Waals surface area contributed by atoms with Crippen LogP contribution in [-0.2, 0) is 0 Å². The summed E-state index contributed by atoms with van der Waals surface area (Å²) in [4.78, 5) is 29.5. The van der Waals surface area contributed by atoms with E-state index >= 15 is 0 Å². The Morgan fingerprint density at radius 3 is 2.54 bits per heavy atom. The number of amides is 1. The van der Waals surface area contributed by atoms with Crippen LogP contribution in [0.2, 0.25) is 0 Å². The second-order valence-corrected chi connectivity index (χ2v) is 5.74. The highest BCUT2D eigenvalue weighted by atomic mass is 16.2. The number of hydrogen-bond donors (Lipinski definition) is 1. The van der Waals surface area contributed by atoms with Crippen LogP contribution in [-0.4, -0.2) is 58.5 Å². The molecule has 0 radical (unpaired) electrons. The molecule has 0 aliphatic carbocycles. The summed E-state index contributed by atoms with van der Waals surface area (Å²) >= 11 is 0. The first-order valence-corrected chi connectivity index (χ1v) is 8.21. The van der Waals surface area contributed by atoms with Crippen LogP contribution in [0.15, 0.2) is 30.6 Å². The Kier molecular flexibility index (Phi) is 4.88. The largest absolute Gasteiger partial charge is 0.370 e. The summed E-state index contributed by atoms with van der Waals surface area (Å²) in [6, 6.07) is 5.44. The third-order valence-corrected chi connectivity index (χ3v) is 3.98. The fourth-order valence-electron chi connectivity index (χ4n) is 2.75. The molecule has 2 aromatic rings. The Morgan fingerprint density at radius 1 is 1.17 bits per heavy atom. The second kappa shape index (κ2) is 7.25. The molecular formula is C17H22N6O. The molecule has 1 fully saturated rings. The van der Waals surface area contributed by atoms with Gasteiger partial charge < -0.3 is 15.1 Å². The molecule has 126 valence electrons. The van der Waals surface area contributed by atoms with E-state index in [0.717, 1.165) is 37.1 Å². The van der Waals surface area contributed by atoms with Crippen LogP contribution in [0.1, 0.15) is 23.0 Å². The van der Waals surface area contributed by atoms with Crippen LogP contribution in [0, 0.1) is 6.92 Å². The maximum Gasteiger partial charge on any atom is 0.254 e. The lowest BCUT2D eigenvalue weighted by atomic mass is 10.2. The molecule has 7 nitrogen and oxygen atoms in total. The van der Waals surface area contributed by atoms with Crippen LogP contribution in [0.4, 0.5) is 11.8 Å². The molecule has 1 aliphatic rings. The van der Waals surface area contributed by atoms with Gasteiger partial charge in [-0.25, -0.2) is 4.98 Å². The van der Waals surface area contributed by atoms with Gasteiger partial charge in [-0.05, 0) is 26.0 Å². The minimum absolute atomic E-state index is 0.0514. The highest BCUT2D eigenvalue weighted by Crippen LogP contribution is 2.16. The lowest BCUT2D eigenvalue weighted by Crippen LogP contribution is -2.49. The Bertz CT molecular complexity index is 697. The van der Waals surface area contributed by atoms with Crippen molar-refractivity contribution in [3.05, 3.63) is 41.9 Å². The summed E-state index contributed by atoms with van der Waals surface area (Å²) in [6.45, 7) is 7.61. The molecule has 7 heteroatoms. The minimum Gasteiger partial charge on any atom is -0.370 e. The smallest absolute Gasteiger partial charge is 0.254 e. The van der Waals surface area contributed by atoms with Gasteiger partial charge in [0, 0.05) is 62.4 Å². The predicted molar refractivity (Wildman–Crippen MR) is 93.3 cm³/mol. The standard InChI is InChI=1S/C17H22N6O/c1-3-19-15-12-13(2)20-17(21-15)23-10-8-22(9-11-23)16(24)14-4-6-18-7-5-14/h4-7,12H,3,8-11H2,1-2H3,(H,19,20,21). The van der Waals surface area contributed by atoms with Gasteiger partial charge in [0.15, 0.2) is 0 Å². The van der Waals surface area contributed by atoms with Gasteiger partial charge >= 0.3 is 0 Å². The number of nitrogens with one attached hydrogen (secondary N) is 1. The molecule has 0 aromatic carbocycles. The van der Waals surface area contributed by atoms with Gasteiger partial charge in [0.1, 0.15) is 5.82 Å². The summed E-state index contributed by atoms with van der Waals surface area (Å²) < 4.78 is 0. The van der Waals surface area contributed by atoms with E-state index in [-0.39, 0.29) is 5.91 Å². The number of nitrogens with zero attached hydrogens (tertiary/aromatic N) is 5. The van der Waals surface area contributed by atoms with Gasteiger partial charge in [0.25, 0.3) is 5.91 Å². The summed E-state index contributed by atoms with van der Waals surface area (Å²) in [5.41, 5.74) is 1.62. The first-order chi connectivity index (χ1) is 11.7. The zero-order valence-electron chi connectivity index (χ0n) is 14.1. The van der Waals surface area contributed by atoms with Crippen LogP contribution in [0.5, 0.6) is 0 Å².